The maximum atomic E-state index is 12.6. The molecule has 0 fully saturated rings. The molecule has 3 rings (SSSR count). The van der Waals surface area contributed by atoms with Gasteiger partial charge < -0.3 is 9.47 Å². The zero-order valence-corrected chi connectivity index (χ0v) is 15.4. The zero-order chi connectivity index (χ0) is 17.1. The van der Waals surface area contributed by atoms with Crippen LogP contribution in [0.1, 0.15) is 18.1 Å². The number of carbonyl (C=O) groups is 1. The van der Waals surface area contributed by atoms with E-state index in [0.29, 0.717) is 17.9 Å². The van der Waals surface area contributed by atoms with E-state index >= 15 is 0 Å². The highest BCUT2D eigenvalue weighted by Gasteiger charge is 2.34. The van der Waals surface area contributed by atoms with E-state index in [4.69, 9.17) is 21.1 Å². The van der Waals surface area contributed by atoms with Crippen molar-refractivity contribution in [3.8, 4) is 5.75 Å². The van der Waals surface area contributed by atoms with Crippen LogP contribution in [0.25, 0.3) is 5.57 Å². The van der Waals surface area contributed by atoms with Gasteiger partial charge in [-0.25, -0.2) is 4.79 Å². The number of benzene rings is 2. The van der Waals surface area contributed by atoms with Crippen LogP contribution in [-0.4, -0.2) is 24.6 Å². The van der Waals surface area contributed by atoms with Gasteiger partial charge in [-0.1, -0.05) is 46.3 Å². The van der Waals surface area contributed by atoms with Crippen molar-refractivity contribution in [3.05, 3.63) is 69.7 Å². The van der Waals surface area contributed by atoms with Gasteiger partial charge in [0.05, 0.1) is 18.1 Å². The van der Waals surface area contributed by atoms with Gasteiger partial charge in [0.15, 0.2) is 0 Å². The molecule has 0 aliphatic carbocycles. The normalized spacial score (nSPS) is 16.4. The van der Waals surface area contributed by atoms with E-state index < -0.39 is 12.1 Å². The molecule has 0 radical (unpaired) electrons. The van der Waals surface area contributed by atoms with Crippen LogP contribution in [-0.2, 0) is 9.53 Å². The Morgan fingerprint density at radius 3 is 2.67 bits per heavy atom. The van der Waals surface area contributed by atoms with Crippen molar-refractivity contribution in [2.45, 2.75) is 13.0 Å². The lowest BCUT2D eigenvalue weighted by Crippen LogP contribution is -2.32. The molecule has 1 atom stereocenters. The van der Waals surface area contributed by atoms with Gasteiger partial charge >= 0.3 is 5.97 Å². The van der Waals surface area contributed by atoms with Crippen molar-refractivity contribution in [2.75, 3.05) is 12.5 Å². The monoisotopic (exact) mass is 406 g/mol. The second-order valence-electron chi connectivity index (χ2n) is 5.28. The van der Waals surface area contributed by atoms with Gasteiger partial charge in [0.2, 0.25) is 0 Å². The molecule has 0 spiro atoms. The van der Waals surface area contributed by atoms with E-state index in [1.54, 1.807) is 6.92 Å². The molecule has 1 unspecified atom stereocenters. The fourth-order valence-corrected chi connectivity index (χ4v) is 3.36. The van der Waals surface area contributed by atoms with Crippen molar-refractivity contribution in [1.29, 1.82) is 0 Å². The van der Waals surface area contributed by atoms with Gasteiger partial charge in [0.25, 0.3) is 0 Å². The third-order valence-electron chi connectivity index (χ3n) is 3.77. The maximum absolute atomic E-state index is 12.6. The summed E-state index contributed by atoms with van der Waals surface area (Å²) in [6.07, 6.45) is -0.547. The van der Waals surface area contributed by atoms with Crippen molar-refractivity contribution in [1.82, 2.24) is 0 Å². The fourth-order valence-electron chi connectivity index (χ4n) is 2.79. The van der Waals surface area contributed by atoms with Gasteiger partial charge in [-0.2, -0.15) is 0 Å². The number of rotatable bonds is 4. The molecular weight excluding hydrogens is 392 g/mol. The van der Waals surface area contributed by atoms with Crippen LogP contribution in [0.5, 0.6) is 5.75 Å². The van der Waals surface area contributed by atoms with Crippen LogP contribution in [0.4, 0.5) is 0 Å². The van der Waals surface area contributed by atoms with Gasteiger partial charge in [-0.3, -0.25) is 0 Å². The van der Waals surface area contributed by atoms with Crippen LogP contribution in [0.15, 0.2) is 58.6 Å². The Morgan fingerprint density at radius 2 is 2.00 bits per heavy atom. The molecule has 0 bridgehead atoms. The third-order valence-corrected chi connectivity index (χ3v) is 4.54. The van der Waals surface area contributed by atoms with Crippen LogP contribution in [0.2, 0.25) is 0 Å². The minimum absolute atomic E-state index is 0.167. The smallest absolute Gasteiger partial charge is 0.338 e. The Balaban J connectivity index is 2.29. The minimum atomic E-state index is -0.547. The predicted molar refractivity (Wildman–Crippen MR) is 98.4 cm³/mol. The summed E-state index contributed by atoms with van der Waals surface area (Å²) in [5, 5.41) is 0. The number of carbonyl (C=O) groups excluding carboxylic acids is 1. The van der Waals surface area contributed by atoms with Crippen LogP contribution in [0, 0.1) is 0 Å². The molecule has 0 saturated heterocycles. The fraction of sp³-hybridized carbons (Fsp3) is 0.211. The highest BCUT2D eigenvalue weighted by atomic mass is 79.9. The molecule has 24 heavy (non-hydrogen) atoms. The highest BCUT2D eigenvalue weighted by Crippen LogP contribution is 2.41. The average molecular weight is 408 g/mol. The van der Waals surface area contributed by atoms with E-state index in [2.05, 4.69) is 15.9 Å². The van der Waals surface area contributed by atoms with E-state index in [9.17, 15) is 4.79 Å². The van der Waals surface area contributed by atoms with Gasteiger partial charge in [0, 0.05) is 15.6 Å². The molecule has 0 aromatic heterocycles. The summed E-state index contributed by atoms with van der Waals surface area (Å²) in [6, 6.07) is 15.5. The van der Waals surface area contributed by atoms with E-state index in [1.807, 2.05) is 48.5 Å². The predicted octanol–water partition coefficient (Wildman–Crippen LogP) is 4.81. The Morgan fingerprint density at radius 1 is 1.25 bits per heavy atom. The number of esters is 1. The Kier molecular flexibility index (Phi) is 5.27. The molecule has 2 aromatic rings. The van der Waals surface area contributed by atoms with E-state index in [0.717, 1.165) is 21.2 Å². The summed E-state index contributed by atoms with van der Waals surface area (Å²) in [6.45, 7) is 2.08. The molecule has 1 aliphatic rings. The molecular formula is C19H16BrClO3. The van der Waals surface area contributed by atoms with Crippen LogP contribution in [0.3, 0.4) is 0 Å². The maximum Gasteiger partial charge on any atom is 0.338 e. The lowest BCUT2D eigenvalue weighted by molar-refractivity contribution is -0.139. The second kappa shape index (κ2) is 7.41. The summed E-state index contributed by atoms with van der Waals surface area (Å²) >= 11 is 9.58. The summed E-state index contributed by atoms with van der Waals surface area (Å²) in [7, 11) is 0. The van der Waals surface area contributed by atoms with E-state index in [-0.39, 0.29) is 5.88 Å². The van der Waals surface area contributed by atoms with Gasteiger partial charge in [-0.05, 0) is 30.7 Å². The summed E-state index contributed by atoms with van der Waals surface area (Å²) in [5.74, 6) is 0.475. The number of hydrogen-bond donors (Lipinski definition) is 0. The molecule has 3 nitrogen and oxygen atoms in total. The first-order valence-corrected chi connectivity index (χ1v) is 8.97. The molecule has 1 heterocycles. The Bertz CT molecular complexity index is 786. The zero-order valence-electron chi connectivity index (χ0n) is 13.1. The molecule has 124 valence electrons. The van der Waals surface area contributed by atoms with Gasteiger partial charge in [-0.15, -0.1) is 11.6 Å². The molecule has 1 aliphatic heterocycles. The number of halogens is 2. The van der Waals surface area contributed by atoms with Crippen molar-refractivity contribution >= 4 is 39.1 Å². The first kappa shape index (κ1) is 17.1. The molecule has 5 heteroatoms. The third kappa shape index (κ3) is 3.21. The molecule has 2 aromatic carbocycles. The first-order chi connectivity index (χ1) is 11.7. The first-order valence-electron chi connectivity index (χ1n) is 7.65. The van der Waals surface area contributed by atoms with Crippen molar-refractivity contribution < 1.29 is 14.3 Å². The Labute approximate surface area is 154 Å². The number of ether oxygens (including phenoxy) is 2. The van der Waals surface area contributed by atoms with Crippen molar-refractivity contribution in [3.63, 3.8) is 0 Å². The largest absolute Gasteiger partial charge is 0.484 e. The molecule has 0 saturated carbocycles. The Hall–Kier alpha value is -1.78. The van der Waals surface area contributed by atoms with Crippen molar-refractivity contribution in [2.24, 2.45) is 0 Å². The number of alkyl halides is 1. The van der Waals surface area contributed by atoms with Gasteiger partial charge in [0.1, 0.15) is 11.9 Å². The topological polar surface area (TPSA) is 35.5 Å². The second-order valence-corrected chi connectivity index (χ2v) is 6.50. The lowest BCUT2D eigenvalue weighted by atomic mass is 9.88. The summed E-state index contributed by atoms with van der Waals surface area (Å²) in [4.78, 5) is 12.6. The quantitative estimate of drug-likeness (QED) is 0.539. The average Bonchev–Trinajstić information content (AvgIpc) is 2.61. The SMILES string of the molecule is CCOC(=O)C1=C(c2ccccc2)c2cc(Br)ccc2OC1CCl. The summed E-state index contributed by atoms with van der Waals surface area (Å²) < 4.78 is 12.1. The molecule has 0 N–H and O–H groups in total. The summed E-state index contributed by atoms with van der Waals surface area (Å²) in [5.41, 5.74) is 3.05. The minimum Gasteiger partial charge on any atom is -0.484 e. The number of hydrogen-bond acceptors (Lipinski definition) is 3. The standard InChI is InChI=1S/C19H16BrClO3/c1-2-23-19(22)18-16(11-21)24-15-9-8-13(20)10-14(15)17(18)12-6-4-3-5-7-12/h3-10,16H,2,11H2,1H3. The van der Waals surface area contributed by atoms with Crippen LogP contribution < -0.4 is 4.74 Å². The molecule has 0 amide bonds. The van der Waals surface area contributed by atoms with E-state index in [1.165, 1.54) is 0 Å². The van der Waals surface area contributed by atoms with Crippen LogP contribution >= 0.6 is 27.5 Å². The number of fused-ring (bicyclic) bond motifs is 1. The highest BCUT2D eigenvalue weighted by molar-refractivity contribution is 9.10. The lowest BCUT2D eigenvalue weighted by Gasteiger charge is -2.29.